The highest BCUT2D eigenvalue weighted by Crippen LogP contribution is 2.45. The molecule has 2 aromatic rings. The number of fused-ring (bicyclic) bond motifs is 1. The van der Waals surface area contributed by atoms with Gasteiger partial charge in [-0.2, -0.15) is 8.42 Å². The van der Waals surface area contributed by atoms with Gasteiger partial charge in [0.25, 0.3) is 0 Å². The molecule has 0 atom stereocenters. The summed E-state index contributed by atoms with van der Waals surface area (Å²) in [7, 11) is -1.98. The van der Waals surface area contributed by atoms with Crippen LogP contribution in [0.3, 0.4) is 0 Å². The third-order valence-corrected chi connectivity index (χ3v) is 5.78. The van der Waals surface area contributed by atoms with Crippen LogP contribution in [0.1, 0.15) is 12.8 Å². The molecule has 0 fully saturated rings. The second kappa shape index (κ2) is 8.03. The Hall–Kier alpha value is -1.83. The molecule has 0 saturated heterocycles. The number of benzene rings is 2. The number of nitrogens with one attached hydrogen (secondary N) is 1. The zero-order chi connectivity index (χ0) is 17.2. The van der Waals surface area contributed by atoms with Crippen LogP contribution in [-0.2, 0) is 10.2 Å². The first-order valence-electron chi connectivity index (χ1n) is 7.88. The number of hydrogen-bond donors (Lipinski definition) is 1. The summed E-state index contributed by atoms with van der Waals surface area (Å²) in [5.41, 5.74) is 1.11. The van der Waals surface area contributed by atoms with Crippen molar-refractivity contribution in [2.75, 3.05) is 28.7 Å². The molecule has 0 amide bonds. The van der Waals surface area contributed by atoms with Crippen molar-refractivity contribution in [3.63, 3.8) is 0 Å². The van der Waals surface area contributed by atoms with Gasteiger partial charge in [-0.15, -0.1) is 12.4 Å². The molecule has 0 spiro atoms. The summed E-state index contributed by atoms with van der Waals surface area (Å²) < 4.78 is 42.8. The molecule has 3 rings (SSSR count). The Labute approximate surface area is 154 Å². The summed E-state index contributed by atoms with van der Waals surface area (Å²) in [6.45, 7) is 1.19. The molecule has 1 aliphatic rings. The predicted octanol–water partition coefficient (Wildman–Crippen LogP) is 3.45. The van der Waals surface area contributed by atoms with Gasteiger partial charge in [0.2, 0.25) is 0 Å². The first-order chi connectivity index (χ1) is 11.6. The molecule has 1 N–H and O–H groups in total. The average Bonchev–Trinajstić information content (AvgIpc) is 2.79. The Balaban J connectivity index is 0.00000225. The second-order valence-electron chi connectivity index (χ2n) is 5.60. The van der Waals surface area contributed by atoms with E-state index in [0.29, 0.717) is 17.9 Å². The smallest absolute Gasteiger partial charge is 0.320 e. The summed E-state index contributed by atoms with van der Waals surface area (Å²) >= 11 is 0. The summed E-state index contributed by atoms with van der Waals surface area (Å²) in [5.74, 6) is -0.562. The molecule has 0 aromatic heterocycles. The highest BCUT2D eigenvalue weighted by atomic mass is 35.5. The van der Waals surface area contributed by atoms with E-state index in [9.17, 15) is 12.8 Å². The third kappa shape index (κ3) is 3.58. The fourth-order valence-electron chi connectivity index (χ4n) is 2.86. The zero-order valence-corrected chi connectivity index (χ0v) is 15.5. The van der Waals surface area contributed by atoms with Crippen LogP contribution in [0.4, 0.5) is 21.5 Å². The molecule has 8 heteroatoms. The SMILES string of the molecule is CNCCCCN1c2ccccc2N(c2ccccc2F)S1(=O)=O.Cl. The van der Waals surface area contributed by atoms with Crippen LogP contribution in [0.25, 0.3) is 0 Å². The molecular formula is C17H21ClFN3O2S. The average molecular weight is 386 g/mol. The minimum atomic E-state index is -3.84. The number of rotatable bonds is 6. The van der Waals surface area contributed by atoms with E-state index in [4.69, 9.17) is 0 Å². The van der Waals surface area contributed by atoms with Gasteiger partial charge in [0.05, 0.1) is 17.1 Å². The maximum absolute atomic E-state index is 14.2. The third-order valence-electron chi connectivity index (χ3n) is 3.99. The minimum Gasteiger partial charge on any atom is -0.320 e. The van der Waals surface area contributed by atoms with Crippen molar-refractivity contribution in [2.24, 2.45) is 0 Å². The summed E-state index contributed by atoms with van der Waals surface area (Å²) in [5, 5.41) is 3.05. The fourth-order valence-corrected chi connectivity index (χ4v) is 4.62. The maximum atomic E-state index is 14.2. The van der Waals surface area contributed by atoms with E-state index in [1.165, 1.54) is 16.4 Å². The normalized spacial score (nSPS) is 15.0. The molecular weight excluding hydrogens is 365 g/mol. The summed E-state index contributed by atoms with van der Waals surface area (Å²) in [6, 6.07) is 12.9. The first-order valence-corrected chi connectivity index (χ1v) is 9.28. The van der Waals surface area contributed by atoms with Gasteiger partial charge in [0.1, 0.15) is 5.82 Å². The van der Waals surface area contributed by atoms with Gasteiger partial charge >= 0.3 is 10.2 Å². The summed E-state index contributed by atoms with van der Waals surface area (Å²) in [6.07, 6.45) is 1.59. The van der Waals surface area contributed by atoms with Crippen molar-refractivity contribution >= 4 is 39.7 Å². The van der Waals surface area contributed by atoms with Crippen molar-refractivity contribution in [2.45, 2.75) is 12.8 Å². The second-order valence-corrected chi connectivity index (χ2v) is 7.30. The lowest BCUT2D eigenvalue weighted by Gasteiger charge is -2.22. The number of halogens is 2. The molecule has 0 saturated carbocycles. The van der Waals surface area contributed by atoms with Crippen LogP contribution in [0.2, 0.25) is 0 Å². The van der Waals surface area contributed by atoms with Crippen molar-refractivity contribution in [3.05, 3.63) is 54.3 Å². The van der Waals surface area contributed by atoms with E-state index in [1.54, 1.807) is 36.4 Å². The zero-order valence-electron chi connectivity index (χ0n) is 13.9. The largest absolute Gasteiger partial charge is 0.331 e. The maximum Gasteiger partial charge on any atom is 0.331 e. The quantitative estimate of drug-likeness (QED) is 0.775. The van der Waals surface area contributed by atoms with E-state index in [2.05, 4.69) is 5.32 Å². The van der Waals surface area contributed by atoms with Gasteiger partial charge < -0.3 is 5.32 Å². The van der Waals surface area contributed by atoms with E-state index in [1.807, 2.05) is 7.05 Å². The highest BCUT2D eigenvalue weighted by molar-refractivity contribution is 7.95. The minimum absolute atomic E-state index is 0. The van der Waals surface area contributed by atoms with Crippen LogP contribution in [0.15, 0.2) is 48.5 Å². The molecule has 25 heavy (non-hydrogen) atoms. The molecule has 0 unspecified atom stereocenters. The molecule has 5 nitrogen and oxygen atoms in total. The lowest BCUT2D eigenvalue weighted by molar-refractivity contribution is 0.587. The Morgan fingerprint density at radius 3 is 2.20 bits per heavy atom. The lowest BCUT2D eigenvalue weighted by atomic mass is 10.2. The van der Waals surface area contributed by atoms with Gasteiger partial charge in [0.15, 0.2) is 0 Å². The van der Waals surface area contributed by atoms with Crippen molar-refractivity contribution in [3.8, 4) is 0 Å². The van der Waals surface area contributed by atoms with E-state index in [0.717, 1.165) is 23.7 Å². The van der Waals surface area contributed by atoms with Crippen LogP contribution in [-0.4, -0.2) is 28.6 Å². The fraction of sp³-hybridized carbons (Fsp3) is 0.294. The Morgan fingerprint density at radius 1 is 0.960 bits per heavy atom. The Bertz CT molecular complexity index is 832. The van der Waals surface area contributed by atoms with Gasteiger partial charge in [-0.05, 0) is 50.7 Å². The number of nitrogens with zero attached hydrogens (tertiary/aromatic N) is 2. The van der Waals surface area contributed by atoms with Gasteiger partial charge in [-0.3, -0.25) is 4.31 Å². The number of hydrogen-bond acceptors (Lipinski definition) is 3. The molecule has 136 valence electrons. The van der Waals surface area contributed by atoms with Crippen LogP contribution in [0, 0.1) is 5.82 Å². The molecule has 0 aliphatic carbocycles. The van der Waals surface area contributed by atoms with Crippen molar-refractivity contribution in [1.82, 2.24) is 5.32 Å². The van der Waals surface area contributed by atoms with Crippen LogP contribution >= 0.6 is 12.4 Å². The lowest BCUT2D eigenvalue weighted by Crippen LogP contribution is -2.36. The van der Waals surface area contributed by atoms with E-state index in [-0.39, 0.29) is 18.1 Å². The Kier molecular flexibility index (Phi) is 6.26. The predicted molar refractivity (Wildman–Crippen MR) is 102 cm³/mol. The van der Waals surface area contributed by atoms with Crippen LogP contribution < -0.4 is 13.9 Å². The monoisotopic (exact) mass is 385 g/mol. The number of unbranched alkanes of at least 4 members (excludes halogenated alkanes) is 1. The van der Waals surface area contributed by atoms with E-state index < -0.39 is 16.0 Å². The number of para-hydroxylation sites is 3. The van der Waals surface area contributed by atoms with Crippen LogP contribution in [0.5, 0.6) is 0 Å². The number of anilines is 3. The molecule has 1 heterocycles. The van der Waals surface area contributed by atoms with Crippen molar-refractivity contribution in [1.29, 1.82) is 0 Å². The van der Waals surface area contributed by atoms with Crippen molar-refractivity contribution < 1.29 is 12.8 Å². The first kappa shape index (κ1) is 19.5. The topological polar surface area (TPSA) is 52.6 Å². The highest BCUT2D eigenvalue weighted by Gasteiger charge is 2.41. The van der Waals surface area contributed by atoms with E-state index >= 15 is 0 Å². The standard InChI is InChI=1S/C17H20FN3O2S.ClH/c1-19-12-6-7-13-20-16-10-4-5-11-17(16)21(24(20,22)23)15-9-3-2-8-14(15)18;/h2-5,8-11,19H,6-7,12-13H2,1H3;1H. The summed E-state index contributed by atoms with van der Waals surface area (Å²) in [4.78, 5) is 0. The molecule has 0 radical (unpaired) electrons. The Morgan fingerprint density at radius 2 is 1.56 bits per heavy atom. The molecule has 2 aromatic carbocycles. The van der Waals surface area contributed by atoms with Gasteiger partial charge in [0, 0.05) is 6.54 Å². The van der Waals surface area contributed by atoms with Gasteiger partial charge in [-0.1, -0.05) is 24.3 Å². The van der Waals surface area contributed by atoms with Gasteiger partial charge in [-0.25, -0.2) is 8.70 Å². The molecule has 1 aliphatic heterocycles. The molecule has 0 bridgehead atoms.